The summed E-state index contributed by atoms with van der Waals surface area (Å²) >= 11 is 0. The van der Waals surface area contributed by atoms with Gasteiger partial charge in [0.25, 0.3) is 0 Å². The van der Waals surface area contributed by atoms with E-state index >= 15 is 0 Å². The lowest BCUT2D eigenvalue weighted by atomic mass is 10.1. The normalized spacial score (nSPS) is 12.6. The minimum Gasteiger partial charge on any atom is -0.464 e. The minimum absolute atomic E-state index is 0.264. The molecule has 0 radical (unpaired) electrons. The number of hydrogen-bond donors (Lipinski definition) is 1. The molecule has 0 saturated heterocycles. The topological polar surface area (TPSA) is 57.2 Å². The van der Waals surface area contributed by atoms with Gasteiger partial charge in [-0.1, -0.05) is 6.92 Å². The average molecular weight is 196 g/mol. The van der Waals surface area contributed by atoms with Gasteiger partial charge < -0.3 is 15.0 Å². The zero-order valence-electron chi connectivity index (χ0n) is 8.78. The molecule has 0 aliphatic heterocycles. The van der Waals surface area contributed by atoms with Crippen LogP contribution in [0.3, 0.4) is 0 Å². The highest BCUT2D eigenvalue weighted by Gasteiger charge is 2.14. The number of rotatable bonds is 3. The molecular weight excluding hydrogens is 180 g/mol. The van der Waals surface area contributed by atoms with Crippen molar-refractivity contribution in [3.8, 4) is 0 Å². The molecule has 4 heteroatoms. The van der Waals surface area contributed by atoms with Crippen LogP contribution in [0.25, 0.3) is 0 Å². The zero-order chi connectivity index (χ0) is 10.7. The molecule has 0 fully saturated rings. The molecule has 1 aromatic rings. The number of nitrogens with two attached hydrogens (primary N) is 1. The average Bonchev–Trinajstić information content (AvgIpc) is 2.58. The van der Waals surface area contributed by atoms with Crippen LogP contribution in [0, 0.1) is 0 Å². The first-order chi connectivity index (χ1) is 6.60. The summed E-state index contributed by atoms with van der Waals surface area (Å²) in [5.74, 6) is -0.0532. The Balaban J connectivity index is 2.98. The summed E-state index contributed by atoms with van der Waals surface area (Å²) in [6, 6.07) is 1.82. The molecule has 1 heterocycles. The molecule has 0 aliphatic carbocycles. The smallest absolute Gasteiger partial charge is 0.354 e. The van der Waals surface area contributed by atoms with Crippen LogP contribution in [0.15, 0.2) is 12.3 Å². The zero-order valence-corrected chi connectivity index (χ0v) is 8.78. The van der Waals surface area contributed by atoms with Gasteiger partial charge in [-0.25, -0.2) is 4.79 Å². The van der Waals surface area contributed by atoms with E-state index in [-0.39, 0.29) is 11.9 Å². The molecule has 1 unspecified atom stereocenters. The van der Waals surface area contributed by atoms with Crippen LogP contribution in [0.1, 0.15) is 28.9 Å². The Labute approximate surface area is 83.7 Å². The first-order valence-electron chi connectivity index (χ1n) is 4.54. The Bertz CT molecular complexity index is 331. The van der Waals surface area contributed by atoms with Crippen LogP contribution in [-0.4, -0.2) is 24.2 Å². The SMILES string of the molecule is COC(=O)c1cc(C(C)CN)cn1C. The fraction of sp³-hybridized carbons (Fsp3) is 0.500. The van der Waals surface area contributed by atoms with Crippen molar-refractivity contribution < 1.29 is 9.53 Å². The van der Waals surface area contributed by atoms with Crippen LogP contribution < -0.4 is 5.73 Å². The molecular formula is C10H16N2O2. The van der Waals surface area contributed by atoms with Gasteiger partial charge in [0, 0.05) is 13.2 Å². The van der Waals surface area contributed by atoms with E-state index in [4.69, 9.17) is 5.73 Å². The van der Waals surface area contributed by atoms with E-state index in [1.807, 2.05) is 26.2 Å². The third-order valence-electron chi connectivity index (χ3n) is 2.34. The maximum atomic E-state index is 11.3. The summed E-state index contributed by atoms with van der Waals surface area (Å²) in [5, 5.41) is 0. The predicted octanol–water partition coefficient (Wildman–Crippen LogP) is 0.874. The molecule has 0 aromatic carbocycles. The predicted molar refractivity (Wildman–Crippen MR) is 54.2 cm³/mol. The molecule has 0 saturated carbocycles. The van der Waals surface area contributed by atoms with E-state index in [1.165, 1.54) is 7.11 Å². The van der Waals surface area contributed by atoms with Crippen molar-refractivity contribution in [3.05, 3.63) is 23.5 Å². The highest BCUT2D eigenvalue weighted by molar-refractivity contribution is 5.87. The molecule has 0 spiro atoms. The minimum atomic E-state index is -0.317. The Kier molecular flexibility index (Phi) is 3.30. The fourth-order valence-electron chi connectivity index (χ4n) is 1.30. The van der Waals surface area contributed by atoms with Gasteiger partial charge in [-0.15, -0.1) is 0 Å². The number of esters is 1. The number of carbonyl (C=O) groups excluding carboxylic acids is 1. The van der Waals surface area contributed by atoms with Gasteiger partial charge in [-0.3, -0.25) is 0 Å². The molecule has 78 valence electrons. The highest BCUT2D eigenvalue weighted by atomic mass is 16.5. The number of hydrogen-bond acceptors (Lipinski definition) is 3. The summed E-state index contributed by atoms with van der Waals surface area (Å²) < 4.78 is 6.41. The molecule has 1 aromatic heterocycles. The molecule has 2 N–H and O–H groups in total. The number of aryl methyl sites for hydroxylation is 1. The van der Waals surface area contributed by atoms with E-state index in [0.29, 0.717) is 12.2 Å². The van der Waals surface area contributed by atoms with Gasteiger partial charge in [0.1, 0.15) is 5.69 Å². The summed E-state index contributed by atoms with van der Waals surface area (Å²) in [6.45, 7) is 2.60. The van der Waals surface area contributed by atoms with E-state index in [9.17, 15) is 4.79 Å². The van der Waals surface area contributed by atoms with Crippen molar-refractivity contribution in [2.45, 2.75) is 12.8 Å². The molecule has 1 atom stereocenters. The molecule has 0 amide bonds. The number of methoxy groups -OCH3 is 1. The lowest BCUT2D eigenvalue weighted by molar-refractivity contribution is 0.0590. The van der Waals surface area contributed by atoms with Crippen LogP contribution >= 0.6 is 0 Å². The van der Waals surface area contributed by atoms with E-state index in [0.717, 1.165) is 5.56 Å². The Hall–Kier alpha value is -1.29. The van der Waals surface area contributed by atoms with Gasteiger partial charge in [-0.05, 0) is 24.1 Å². The van der Waals surface area contributed by atoms with Crippen LogP contribution in [0.2, 0.25) is 0 Å². The number of ether oxygens (including phenoxy) is 1. The summed E-state index contributed by atoms with van der Waals surface area (Å²) in [7, 11) is 3.19. The second-order valence-electron chi connectivity index (χ2n) is 3.40. The van der Waals surface area contributed by atoms with E-state index in [2.05, 4.69) is 4.74 Å². The van der Waals surface area contributed by atoms with Crippen molar-refractivity contribution in [3.63, 3.8) is 0 Å². The Morgan fingerprint density at radius 2 is 2.36 bits per heavy atom. The lowest BCUT2D eigenvalue weighted by Crippen LogP contribution is -2.08. The van der Waals surface area contributed by atoms with Crippen LogP contribution in [0.5, 0.6) is 0 Å². The standard InChI is InChI=1S/C10H16N2O2/c1-7(5-11)8-4-9(10(13)14-3)12(2)6-8/h4,6-7H,5,11H2,1-3H3. The first-order valence-corrected chi connectivity index (χ1v) is 4.54. The molecule has 4 nitrogen and oxygen atoms in total. The monoisotopic (exact) mass is 196 g/mol. The fourth-order valence-corrected chi connectivity index (χ4v) is 1.30. The third kappa shape index (κ3) is 1.96. The van der Waals surface area contributed by atoms with Gasteiger partial charge >= 0.3 is 5.97 Å². The lowest BCUT2D eigenvalue weighted by Gasteiger charge is -2.03. The van der Waals surface area contributed by atoms with Crippen LogP contribution in [0.4, 0.5) is 0 Å². The Morgan fingerprint density at radius 3 is 2.86 bits per heavy atom. The van der Waals surface area contributed by atoms with Crippen LogP contribution in [-0.2, 0) is 11.8 Å². The van der Waals surface area contributed by atoms with E-state index < -0.39 is 0 Å². The van der Waals surface area contributed by atoms with Crippen molar-refractivity contribution >= 4 is 5.97 Å². The van der Waals surface area contributed by atoms with Crippen molar-refractivity contribution in [2.24, 2.45) is 12.8 Å². The molecule has 0 bridgehead atoms. The van der Waals surface area contributed by atoms with Gasteiger partial charge in [0.2, 0.25) is 0 Å². The molecule has 14 heavy (non-hydrogen) atoms. The van der Waals surface area contributed by atoms with Crippen molar-refractivity contribution in [2.75, 3.05) is 13.7 Å². The maximum Gasteiger partial charge on any atom is 0.354 e. The second-order valence-corrected chi connectivity index (χ2v) is 3.40. The van der Waals surface area contributed by atoms with Crippen molar-refractivity contribution in [1.29, 1.82) is 0 Å². The number of nitrogens with zero attached hydrogens (tertiary/aromatic N) is 1. The summed E-state index contributed by atoms with van der Waals surface area (Å²) in [4.78, 5) is 11.3. The summed E-state index contributed by atoms with van der Waals surface area (Å²) in [6.07, 6.45) is 1.91. The summed E-state index contributed by atoms with van der Waals surface area (Å²) in [5.41, 5.74) is 7.17. The van der Waals surface area contributed by atoms with Crippen molar-refractivity contribution in [1.82, 2.24) is 4.57 Å². The number of carbonyl (C=O) groups is 1. The maximum absolute atomic E-state index is 11.3. The van der Waals surface area contributed by atoms with Gasteiger partial charge in [-0.2, -0.15) is 0 Å². The second kappa shape index (κ2) is 4.28. The third-order valence-corrected chi connectivity index (χ3v) is 2.34. The highest BCUT2D eigenvalue weighted by Crippen LogP contribution is 2.17. The largest absolute Gasteiger partial charge is 0.464 e. The Morgan fingerprint density at radius 1 is 1.71 bits per heavy atom. The van der Waals surface area contributed by atoms with Gasteiger partial charge in [0.15, 0.2) is 0 Å². The first kappa shape index (κ1) is 10.8. The molecule has 1 rings (SSSR count). The quantitative estimate of drug-likeness (QED) is 0.730. The molecule has 0 aliphatic rings. The van der Waals surface area contributed by atoms with E-state index in [1.54, 1.807) is 4.57 Å². The number of aromatic nitrogens is 1. The van der Waals surface area contributed by atoms with Gasteiger partial charge in [0.05, 0.1) is 7.11 Å².